The maximum absolute atomic E-state index is 14.6. The number of amidine groups is 1. The number of ether oxygens (including phenoxy) is 1. The Hall–Kier alpha value is -3.37. The molecule has 188 valence electrons. The van der Waals surface area contributed by atoms with Crippen molar-refractivity contribution in [2.75, 3.05) is 47.0 Å². The van der Waals surface area contributed by atoms with Crippen LogP contribution in [0, 0.1) is 12.7 Å². The zero-order valence-corrected chi connectivity index (χ0v) is 20.8. The molecule has 0 radical (unpaired) electrons. The standard InChI is InChI=1S/C25H34FN7O2/c1-6-19-13-25(35-32(19)5)30-23(27-3)15-24(33-9-7-31(4)8-10-33)28-16-34-22-12-18-11-17(2)29-21(18)14-20(22)26/h11-15,19,29-30H,3,6-10,16H2,1-2,4-5H3/b23-15+,28-24+. The predicted molar refractivity (Wildman–Crippen MR) is 137 cm³/mol. The number of hydroxylamine groups is 2. The molecule has 2 aliphatic rings. The lowest BCUT2D eigenvalue weighted by atomic mass is 10.2. The van der Waals surface area contributed by atoms with Crippen molar-refractivity contribution in [2.45, 2.75) is 26.3 Å². The number of nitrogens with one attached hydrogen (secondary N) is 2. The van der Waals surface area contributed by atoms with Gasteiger partial charge in [0.25, 0.3) is 0 Å². The van der Waals surface area contributed by atoms with Gasteiger partial charge < -0.3 is 29.7 Å². The fourth-order valence-electron chi connectivity index (χ4n) is 4.17. The lowest BCUT2D eigenvalue weighted by Crippen LogP contribution is -2.47. The summed E-state index contributed by atoms with van der Waals surface area (Å²) in [4.78, 5) is 22.1. The van der Waals surface area contributed by atoms with Crippen molar-refractivity contribution in [1.29, 1.82) is 0 Å². The number of aryl methyl sites for hydroxylation is 1. The highest BCUT2D eigenvalue weighted by Crippen LogP contribution is 2.25. The maximum atomic E-state index is 14.6. The summed E-state index contributed by atoms with van der Waals surface area (Å²) < 4.78 is 20.3. The van der Waals surface area contributed by atoms with Crippen molar-refractivity contribution >= 4 is 23.5 Å². The van der Waals surface area contributed by atoms with Crippen LogP contribution in [0.1, 0.15) is 19.0 Å². The number of H-pyrrole nitrogens is 1. The van der Waals surface area contributed by atoms with Crippen molar-refractivity contribution in [1.82, 2.24) is 25.2 Å². The van der Waals surface area contributed by atoms with E-state index in [1.54, 1.807) is 11.1 Å². The SMILES string of the molecule is C=N/C(=C\C(=N/COc1cc2cc(C)[nH]c2cc1F)N1CCN(C)CC1)NC1=CC(CC)N(C)O1. The van der Waals surface area contributed by atoms with Crippen molar-refractivity contribution in [3.05, 3.63) is 53.6 Å². The summed E-state index contributed by atoms with van der Waals surface area (Å²) in [6.07, 6.45) is 4.76. The first kappa shape index (κ1) is 24.7. The number of fused-ring (bicyclic) bond motifs is 1. The van der Waals surface area contributed by atoms with Crippen LogP contribution in [0.15, 0.2) is 52.0 Å². The van der Waals surface area contributed by atoms with Gasteiger partial charge in [-0.15, -0.1) is 5.06 Å². The van der Waals surface area contributed by atoms with Crippen LogP contribution >= 0.6 is 0 Å². The highest BCUT2D eigenvalue weighted by molar-refractivity contribution is 5.93. The van der Waals surface area contributed by atoms with Crippen LogP contribution in [-0.2, 0) is 4.84 Å². The fraction of sp³-hybridized carbons (Fsp3) is 0.440. The van der Waals surface area contributed by atoms with E-state index in [9.17, 15) is 4.39 Å². The second-order valence-corrected chi connectivity index (χ2v) is 8.86. The summed E-state index contributed by atoms with van der Waals surface area (Å²) >= 11 is 0. The highest BCUT2D eigenvalue weighted by atomic mass is 19.1. The molecule has 10 heteroatoms. The monoisotopic (exact) mass is 483 g/mol. The normalized spacial score (nSPS) is 20.2. The first-order valence-electron chi connectivity index (χ1n) is 11.8. The Labute approximate surface area is 205 Å². The van der Waals surface area contributed by atoms with Gasteiger partial charge in [-0.05, 0) is 45.3 Å². The quantitative estimate of drug-likeness (QED) is 0.443. The van der Waals surface area contributed by atoms with E-state index in [-0.39, 0.29) is 18.5 Å². The number of hydrogen-bond donors (Lipinski definition) is 2. The average Bonchev–Trinajstić information content (AvgIpc) is 3.38. The Morgan fingerprint density at radius 2 is 2.06 bits per heavy atom. The maximum Gasteiger partial charge on any atom is 0.215 e. The Bertz CT molecular complexity index is 1150. The average molecular weight is 484 g/mol. The minimum absolute atomic E-state index is 0.0335. The summed E-state index contributed by atoms with van der Waals surface area (Å²) in [6, 6.07) is 5.29. The molecule has 9 nitrogen and oxygen atoms in total. The lowest BCUT2D eigenvalue weighted by molar-refractivity contribution is -0.0989. The van der Waals surface area contributed by atoms with E-state index >= 15 is 0 Å². The number of benzene rings is 1. The molecular formula is C25H34FN7O2. The fourth-order valence-corrected chi connectivity index (χ4v) is 4.17. The van der Waals surface area contributed by atoms with Crippen molar-refractivity contribution in [2.24, 2.45) is 9.98 Å². The molecule has 2 N–H and O–H groups in total. The van der Waals surface area contributed by atoms with Crippen LogP contribution in [0.25, 0.3) is 10.9 Å². The Morgan fingerprint density at radius 3 is 2.74 bits per heavy atom. The first-order valence-corrected chi connectivity index (χ1v) is 11.8. The number of likely N-dealkylation sites (N-methyl/N-ethyl adjacent to an activating group) is 2. The molecule has 1 aromatic heterocycles. The van der Waals surface area contributed by atoms with Crippen LogP contribution in [0.3, 0.4) is 0 Å². The molecule has 1 fully saturated rings. The number of rotatable bonds is 8. The van der Waals surface area contributed by atoms with Gasteiger partial charge in [0.1, 0.15) is 11.7 Å². The number of aromatic amines is 1. The molecule has 1 aromatic carbocycles. The summed E-state index contributed by atoms with van der Waals surface area (Å²) in [5.41, 5.74) is 1.70. The highest BCUT2D eigenvalue weighted by Gasteiger charge is 2.23. The van der Waals surface area contributed by atoms with Gasteiger partial charge in [0, 0.05) is 62.0 Å². The smallest absolute Gasteiger partial charge is 0.215 e. The molecule has 4 rings (SSSR count). The topological polar surface area (TPSA) is 80.7 Å². The Balaban J connectivity index is 1.53. The molecule has 0 bridgehead atoms. The molecule has 0 aliphatic carbocycles. The molecular weight excluding hydrogens is 449 g/mol. The van der Waals surface area contributed by atoms with E-state index in [0.717, 1.165) is 49.2 Å². The van der Waals surface area contributed by atoms with E-state index in [4.69, 9.17) is 9.57 Å². The van der Waals surface area contributed by atoms with Gasteiger partial charge in [0.2, 0.25) is 5.88 Å². The summed E-state index contributed by atoms with van der Waals surface area (Å²) in [6.45, 7) is 11.1. The molecule has 2 aromatic rings. The lowest BCUT2D eigenvalue weighted by Gasteiger charge is -2.33. The molecule has 2 aliphatic heterocycles. The van der Waals surface area contributed by atoms with Crippen LogP contribution in [0.5, 0.6) is 5.75 Å². The largest absolute Gasteiger partial charge is 0.468 e. The number of nitrogens with zero attached hydrogens (tertiary/aromatic N) is 5. The van der Waals surface area contributed by atoms with Crippen molar-refractivity contribution in [3.63, 3.8) is 0 Å². The number of hydrogen-bond acceptors (Lipinski definition) is 7. The van der Waals surface area contributed by atoms with Crippen LogP contribution in [-0.4, -0.2) is 85.4 Å². The van der Waals surface area contributed by atoms with E-state index in [0.29, 0.717) is 17.5 Å². The molecule has 0 spiro atoms. The van der Waals surface area contributed by atoms with Gasteiger partial charge in [-0.3, -0.25) is 0 Å². The molecule has 1 atom stereocenters. The minimum atomic E-state index is -0.429. The van der Waals surface area contributed by atoms with Gasteiger partial charge in [0.05, 0.1) is 6.04 Å². The van der Waals surface area contributed by atoms with Gasteiger partial charge in [-0.1, -0.05) is 6.92 Å². The summed E-state index contributed by atoms with van der Waals surface area (Å²) in [7, 11) is 3.99. The van der Waals surface area contributed by atoms with Crippen LogP contribution in [0.2, 0.25) is 0 Å². The molecule has 1 unspecified atom stereocenters. The predicted octanol–water partition coefficient (Wildman–Crippen LogP) is 3.23. The zero-order valence-electron chi connectivity index (χ0n) is 20.8. The second-order valence-electron chi connectivity index (χ2n) is 8.86. The van der Waals surface area contributed by atoms with Gasteiger partial charge in [0.15, 0.2) is 18.3 Å². The van der Waals surface area contributed by atoms with E-state index in [1.807, 2.05) is 32.2 Å². The van der Waals surface area contributed by atoms with Crippen molar-refractivity contribution < 1.29 is 14.0 Å². The first-order chi connectivity index (χ1) is 16.9. The second kappa shape index (κ2) is 10.9. The minimum Gasteiger partial charge on any atom is -0.468 e. The van der Waals surface area contributed by atoms with E-state index in [1.165, 1.54) is 6.07 Å². The van der Waals surface area contributed by atoms with Gasteiger partial charge in [-0.25, -0.2) is 14.4 Å². The molecule has 0 saturated carbocycles. The third kappa shape index (κ3) is 6.01. The number of halogens is 1. The number of piperazine rings is 1. The van der Waals surface area contributed by atoms with Crippen molar-refractivity contribution in [3.8, 4) is 5.75 Å². The van der Waals surface area contributed by atoms with Crippen LogP contribution < -0.4 is 10.1 Å². The Kier molecular flexibility index (Phi) is 7.72. The van der Waals surface area contributed by atoms with E-state index < -0.39 is 5.82 Å². The van der Waals surface area contributed by atoms with Crippen LogP contribution in [0.4, 0.5) is 4.39 Å². The van der Waals surface area contributed by atoms with Gasteiger partial charge >= 0.3 is 0 Å². The summed E-state index contributed by atoms with van der Waals surface area (Å²) in [5.74, 6) is 1.53. The van der Waals surface area contributed by atoms with E-state index in [2.05, 4.69) is 50.8 Å². The number of aliphatic imine (C=N–C) groups is 2. The molecule has 35 heavy (non-hydrogen) atoms. The third-order valence-electron chi connectivity index (χ3n) is 6.24. The molecule has 1 saturated heterocycles. The summed E-state index contributed by atoms with van der Waals surface area (Å²) in [5, 5.41) is 5.87. The molecule has 0 amide bonds. The number of aromatic nitrogens is 1. The Morgan fingerprint density at radius 1 is 1.29 bits per heavy atom. The van der Waals surface area contributed by atoms with Gasteiger partial charge in [-0.2, -0.15) is 0 Å². The zero-order chi connectivity index (χ0) is 24.9. The third-order valence-corrected chi connectivity index (χ3v) is 6.24. The molecule has 3 heterocycles.